The predicted octanol–water partition coefficient (Wildman–Crippen LogP) is 2.70. The molecule has 17 heavy (non-hydrogen) atoms. The molecule has 0 spiro atoms. The van der Waals surface area contributed by atoms with Gasteiger partial charge in [0.15, 0.2) is 0 Å². The van der Waals surface area contributed by atoms with Crippen LogP contribution >= 0.6 is 0 Å². The molecule has 1 amide bonds. The van der Waals surface area contributed by atoms with Crippen LogP contribution in [0.25, 0.3) is 0 Å². The van der Waals surface area contributed by atoms with Crippen molar-refractivity contribution in [2.45, 2.75) is 25.7 Å². The molecule has 0 saturated carbocycles. The molecule has 2 rings (SSSR count). The lowest BCUT2D eigenvalue weighted by Crippen LogP contribution is -2.32. The van der Waals surface area contributed by atoms with Crippen LogP contribution in [0.4, 0.5) is 0 Å². The molecule has 0 bridgehead atoms. The van der Waals surface area contributed by atoms with Gasteiger partial charge in [-0.3, -0.25) is 4.79 Å². The van der Waals surface area contributed by atoms with E-state index in [2.05, 4.69) is 29.6 Å². The zero-order valence-electron chi connectivity index (χ0n) is 10.1. The predicted molar refractivity (Wildman–Crippen MR) is 69.6 cm³/mol. The zero-order valence-corrected chi connectivity index (χ0v) is 10.1. The van der Waals surface area contributed by atoms with E-state index in [-0.39, 0.29) is 11.8 Å². The summed E-state index contributed by atoms with van der Waals surface area (Å²) < 4.78 is 0. The van der Waals surface area contributed by atoms with E-state index >= 15 is 0 Å². The Bertz CT molecular complexity index is 383. The van der Waals surface area contributed by atoms with Gasteiger partial charge in [0.25, 0.3) is 0 Å². The standard InChI is InChI=1S/C15H19NO/c17-15(14-9-5-2-6-10-14)16-12-11-13-7-3-1-4-8-13/h1-5,7-8,14H,6,9-12H2,(H,16,17)/t14-/m1/s1. The highest BCUT2D eigenvalue weighted by molar-refractivity contribution is 5.78. The number of carbonyl (C=O) groups is 1. The van der Waals surface area contributed by atoms with Crippen molar-refractivity contribution in [1.29, 1.82) is 0 Å². The van der Waals surface area contributed by atoms with Crippen molar-refractivity contribution >= 4 is 5.91 Å². The SMILES string of the molecule is O=C(NCCc1ccccc1)[C@@H]1CC=CCC1. The smallest absolute Gasteiger partial charge is 0.223 e. The molecule has 1 aromatic rings. The average molecular weight is 229 g/mol. The Labute approximate surface area is 103 Å². The summed E-state index contributed by atoms with van der Waals surface area (Å²) in [4.78, 5) is 11.8. The van der Waals surface area contributed by atoms with Gasteiger partial charge in [0.2, 0.25) is 5.91 Å². The number of benzene rings is 1. The second-order valence-electron chi connectivity index (χ2n) is 4.51. The van der Waals surface area contributed by atoms with Crippen LogP contribution in [-0.4, -0.2) is 12.5 Å². The number of hydrogen-bond acceptors (Lipinski definition) is 1. The fourth-order valence-corrected chi connectivity index (χ4v) is 2.15. The third-order valence-electron chi connectivity index (χ3n) is 3.20. The summed E-state index contributed by atoms with van der Waals surface area (Å²) in [5, 5.41) is 3.03. The molecule has 0 saturated heterocycles. The first kappa shape index (κ1) is 11.9. The number of amides is 1. The first-order valence-electron chi connectivity index (χ1n) is 6.33. The van der Waals surface area contributed by atoms with Gasteiger partial charge < -0.3 is 5.32 Å². The molecule has 1 aromatic carbocycles. The molecule has 1 atom stereocenters. The van der Waals surface area contributed by atoms with Gasteiger partial charge in [-0.05, 0) is 31.2 Å². The van der Waals surface area contributed by atoms with E-state index in [0.717, 1.165) is 32.2 Å². The number of nitrogens with one attached hydrogen (secondary N) is 1. The highest BCUT2D eigenvalue weighted by Crippen LogP contribution is 2.17. The van der Waals surface area contributed by atoms with Crippen LogP contribution in [0, 0.1) is 5.92 Å². The van der Waals surface area contributed by atoms with Crippen molar-refractivity contribution in [2.24, 2.45) is 5.92 Å². The molecule has 2 heteroatoms. The molecular formula is C15H19NO. The minimum atomic E-state index is 0.191. The number of allylic oxidation sites excluding steroid dienone is 2. The van der Waals surface area contributed by atoms with Crippen LogP contribution in [0.1, 0.15) is 24.8 Å². The number of carbonyl (C=O) groups excluding carboxylic acids is 1. The Morgan fingerprint density at radius 1 is 1.24 bits per heavy atom. The van der Waals surface area contributed by atoms with Gasteiger partial charge in [0.05, 0.1) is 0 Å². The minimum absolute atomic E-state index is 0.191. The molecule has 0 heterocycles. The second kappa shape index (κ2) is 6.24. The molecule has 90 valence electrons. The van der Waals surface area contributed by atoms with E-state index < -0.39 is 0 Å². The molecule has 0 fully saturated rings. The van der Waals surface area contributed by atoms with Gasteiger partial charge in [-0.1, -0.05) is 42.5 Å². The van der Waals surface area contributed by atoms with E-state index in [4.69, 9.17) is 0 Å². The van der Waals surface area contributed by atoms with Crippen LogP contribution in [0.15, 0.2) is 42.5 Å². The Balaban J connectivity index is 1.71. The van der Waals surface area contributed by atoms with E-state index in [9.17, 15) is 4.79 Å². The largest absolute Gasteiger partial charge is 0.356 e. The Morgan fingerprint density at radius 3 is 2.76 bits per heavy atom. The van der Waals surface area contributed by atoms with Crippen LogP contribution < -0.4 is 5.32 Å². The summed E-state index contributed by atoms with van der Waals surface area (Å²) >= 11 is 0. The van der Waals surface area contributed by atoms with Crippen LogP contribution in [0.3, 0.4) is 0 Å². The summed E-state index contributed by atoms with van der Waals surface area (Å²) in [6, 6.07) is 10.3. The van der Waals surface area contributed by atoms with Crippen molar-refractivity contribution in [2.75, 3.05) is 6.54 Å². The fraction of sp³-hybridized carbons (Fsp3) is 0.400. The Morgan fingerprint density at radius 2 is 2.06 bits per heavy atom. The highest BCUT2D eigenvalue weighted by atomic mass is 16.1. The number of rotatable bonds is 4. The maximum Gasteiger partial charge on any atom is 0.223 e. The normalized spacial score (nSPS) is 18.9. The lowest BCUT2D eigenvalue weighted by Gasteiger charge is -2.17. The lowest BCUT2D eigenvalue weighted by molar-refractivity contribution is -0.125. The molecule has 0 unspecified atom stereocenters. The van der Waals surface area contributed by atoms with Crippen molar-refractivity contribution in [1.82, 2.24) is 5.32 Å². The van der Waals surface area contributed by atoms with Crippen molar-refractivity contribution < 1.29 is 4.79 Å². The molecule has 0 radical (unpaired) electrons. The Kier molecular flexibility index (Phi) is 4.37. The van der Waals surface area contributed by atoms with Gasteiger partial charge in [0.1, 0.15) is 0 Å². The quantitative estimate of drug-likeness (QED) is 0.790. The molecule has 0 aromatic heterocycles. The van der Waals surface area contributed by atoms with Gasteiger partial charge in [-0.25, -0.2) is 0 Å². The summed E-state index contributed by atoms with van der Waals surface area (Å²) in [6.45, 7) is 0.739. The maximum atomic E-state index is 11.8. The molecular weight excluding hydrogens is 210 g/mol. The molecule has 1 aliphatic carbocycles. The molecule has 0 aliphatic heterocycles. The third-order valence-corrected chi connectivity index (χ3v) is 3.20. The van der Waals surface area contributed by atoms with Crippen LogP contribution in [0.5, 0.6) is 0 Å². The topological polar surface area (TPSA) is 29.1 Å². The minimum Gasteiger partial charge on any atom is -0.356 e. The molecule has 1 aliphatic rings. The average Bonchev–Trinajstić information content (AvgIpc) is 2.41. The van der Waals surface area contributed by atoms with Crippen LogP contribution in [0.2, 0.25) is 0 Å². The van der Waals surface area contributed by atoms with Gasteiger partial charge in [-0.2, -0.15) is 0 Å². The van der Waals surface area contributed by atoms with Crippen molar-refractivity contribution in [3.05, 3.63) is 48.0 Å². The summed E-state index contributed by atoms with van der Waals surface area (Å²) in [5.74, 6) is 0.404. The second-order valence-corrected chi connectivity index (χ2v) is 4.51. The fourth-order valence-electron chi connectivity index (χ4n) is 2.15. The van der Waals surface area contributed by atoms with Crippen LogP contribution in [-0.2, 0) is 11.2 Å². The van der Waals surface area contributed by atoms with E-state index in [1.54, 1.807) is 0 Å². The first-order chi connectivity index (χ1) is 8.36. The van der Waals surface area contributed by atoms with Crippen molar-refractivity contribution in [3.63, 3.8) is 0 Å². The third kappa shape index (κ3) is 3.74. The van der Waals surface area contributed by atoms with E-state index in [0.29, 0.717) is 0 Å². The number of hydrogen-bond donors (Lipinski definition) is 1. The summed E-state index contributed by atoms with van der Waals surface area (Å²) in [7, 11) is 0. The molecule has 2 nitrogen and oxygen atoms in total. The Hall–Kier alpha value is -1.57. The molecule has 1 N–H and O–H groups in total. The first-order valence-corrected chi connectivity index (χ1v) is 6.33. The lowest BCUT2D eigenvalue weighted by atomic mass is 9.93. The van der Waals surface area contributed by atoms with Gasteiger partial charge >= 0.3 is 0 Å². The zero-order chi connectivity index (χ0) is 11.9. The summed E-state index contributed by atoms with van der Waals surface area (Å²) in [6.07, 6.45) is 8.12. The van der Waals surface area contributed by atoms with Gasteiger partial charge in [0, 0.05) is 12.5 Å². The maximum absolute atomic E-state index is 11.8. The highest BCUT2D eigenvalue weighted by Gasteiger charge is 2.17. The van der Waals surface area contributed by atoms with E-state index in [1.807, 2.05) is 18.2 Å². The van der Waals surface area contributed by atoms with Crippen molar-refractivity contribution in [3.8, 4) is 0 Å². The van der Waals surface area contributed by atoms with Gasteiger partial charge in [-0.15, -0.1) is 0 Å². The van der Waals surface area contributed by atoms with E-state index in [1.165, 1.54) is 5.56 Å². The summed E-state index contributed by atoms with van der Waals surface area (Å²) in [5.41, 5.74) is 1.27. The monoisotopic (exact) mass is 229 g/mol.